The number of aromatic nitrogens is 6. The quantitative estimate of drug-likeness (QED) is 0.352. The van der Waals surface area contributed by atoms with E-state index in [1.165, 1.54) is 0 Å². The van der Waals surface area contributed by atoms with Crippen molar-refractivity contribution in [3.63, 3.8) is 0 Å². The van der Waals surface area contributed by atoms with E-state index in [9.17, 15) is 4.79 Å². The van der Waals surface area contributed by atoms with E-state index in [-0.39, 0.29) is 17.1 Å². The molecular formula is C27H35N7O. The lowest BCUT2D eigenvalue weighted by Crippen LogP contribution is -2.36. The summed E-state index contributed by atoms with van der Waals surface area (Å²) in [4.78, 5) is 22.8. The summed E-state index contributed by atoms with van der Waals surface area (Å²) in [6.45, 7) is 11.8. The Morgan fingerprint density at radius 2 is 1.97 bits per heavy atom. The number of aryl methyl sites for hydroxylation is 1. The zero-order valence-electron chi connectivity index (χ0n) is 21.3. The van der Waals surface area contributed by atoms with Crippen LogP contribution in [0.5, 0.6) is 0 Å². The Morgan fingerprint density at radius 3 is 2.69 bits per heavy atom. The first kappa shape index (κ1) is 24.7. The predicted molar refractivity (Wildman–Crippen MR) is 138 cm³/mol. The lowest BCUT2D eigenvalue weighted by Gasteiger charge is -2.33. The van der Waals surface area contributed by atoms with Crippen molar-refractivity contribution in [2.45, 2.75) is 78.6 Å². The molecule has 0 aliphatic rings. The summed E-state index contributed by atoms with van der Waals surface area (Å²) in [5.74, 6) is 0.829. The maximum absolute atomic E-state index is 13.1. The van der Waals surface area contributed by atoms with Crippen molar-refractivity contribution in [1.29, 1.82) is 0 Å². The van der Waals surface area contributed by atoms with E-state index in [0.717, 1.165) is 52.7 Å². The molecule has 1 unspecified atom stereocenters. The molecule has 184 valence electrons. The molecule has 0 fully saturated rings. The number of benzene rings is 1. The normalized spacial score (nSPS) is 13.0. The van der Waals surface area contributed by atoms with Gasteiger partial charge in [0.05, 0.1) is 11.6 Å². The number of nitrogens with one attached hydrogen (secondary N) is 1. The molecule has 8 nitrogen and oxygen atoms in total. The van der Waals surface area contributed by atoms with Crippen molar-refractivity contribution in [2.24, 2.45) is 0 Å². The summed E-state index contributed by atoms with van der Waals surface area (Å²) in [5, 5.41) is 14.0. The van der Waals surface area contributed by atoms with E-state index < -0.39 is 0 Å². The highest BCUT2D eigenvalue weighted by Gasteiger charge is 2.31. The van der Waals surface area contributed by atoms with Crippen LogP contribution >= 0.6 is 0 Å². The van der Waals surface area contributed by atoms with Gasteiger partial charge in [-0.25, -0.2) is 4.68 Å². The lowest BCUT2D eigenvalue weighted by molar-refractivity contribution is 0.145. The molecule has 3 aromatic heterocycles. The van der Waals surface area contributed by atoms with Crippen LogP contribution in [-0.2, 0) is 18.6 Å². The van der Waals surface area contributed by atoms with Gasteiger partial charge in [0.2, 0.25) is 0 Å². The van der Waals surface area contributed by atoms with E-state index in [4.69, 9.17) is 0 Å². The molecule has 4 aromatic rings. The molecule has 0 radical (unpaired) electrons. The Hall–Kier alpha value is -3.39. The average molecular weight is 474 g/mol. The molecule has 0 aliphatic carbocycles. The van der Waals surface area contributed by atoms with Crippen molar-refractivity contribution in [3.05, 3.63) is 81.7 Å². The third-order valence-corrected chi connectivity index (χ3v) is 6.79. The summed E-state index contributed by atoms with van der Waals surface area (Å²) in [6, 6.07) is 12.0. The van der Waals surface area contributed by atoms with Gasteiger partial charge in [0, 0.05) is 36.6 Å². The Kier molecular flexibility index (Phi) is 7.40. The first-order chi connectivity index (χ1) is 16.8. The van der Waals surface area contributed by atoms with Gasteiger partial charge in [-0.15, -0.1) is 5.10 Å². The second-order valence-electron chi connectivity index (χ2n) is 9.90. The molecule has 4 rings (SSSR count). The molecule has 0 amide bonds. The Labute approximate surface area is 206 Å². The van der Waals surface area contributed by atoms with E-state index in [0.29, 0.717) is 13.1 Å². The van der Waals surface area contributed by atoms with Crippen LogP contribution in [0.15, 0.2) is 53.6 Å². The molecule has 1 atom stereocenters. The van der Waals surface area contributed by atoms with Crippen molar-refractivity contribution in [2.75, 3.05) is 0 Å². The van der Waals surface area contributed by atoms with Gasteiger partial charge in [-0.1, -0.05) is 38.0 Å². The number of rotatable bonds is 10. The highest BCUT2D eigenvalue weighted by Crippen LogP contribution is 2.31. The highest BCUT2D eigenvalue weighted by atomic mass is 16.1. The third kappa shape index (κ3) is 5.48. The Morgan fingerprint density at radius 1 is 1.14 bits per heavy atom. The largest absolute Gasteiger partial charge is 0.322 e. The molecule has 35 heavy (non-hydrogen) atoms. The Bertz CT molecular complexity index is 1330. The molecule has 0 spiro atoms. The SMILES string of the molecule is CCCC(c1nnnn1C(C)(C)CC)N(Cc1cccnc1)Cc1cc2cc(C)ccc2[nH]c1=O. The van der Waals surface area contributed by atoms with Crippen LogP contribution < -0.4 is 5.56 Å². The number of H-pyrrole nitrogens is 1. The van der Waals surface area contributed by atoms with Crippen LogP contribution in [0, 0.1) is 6.92 Å². The maximum atomic E-state index is 13.1. The van der Waals surface area contributed by atoms with E-state index >= 15 is 0 Å². The minimum absolute atomic E-state index is 0.0614. The standard InChI is InChI=1S/C27H35N7O/c1-6-9-24(25-30-31-32-34(25)27(4,5)7-2)33(17-20-10-8-13-28-16-20)18-22-15-21-14-19(3)11-12-23(21)29-26(22)35/h8,10-16,24H,6-7,9,17-18H2,1-5H3,(H,29,35). The van der Waals surface area contributed by atoms with Crippen LogP contribution in [0.3, 0.4) is 0 Å². The van der Waals surface area contributed by atoms with Crippen LogP contribution in [-0.4, -0.2) is 35.1 Å². The van der Waals surface area contributed by atoms with Crippen molar-refractivity contribution in [3.8, 4) is 0 Å². The van der Waals surface area contributed by atoms with Crippen molar-refractivity contribution >= 4 is 10.9 Å². The first-order valence-corrected chi connectivity index (χ1v) is 12.4. The number of nitrogens with zero attached hydrogens (tertiary/aromatic N) is 6. The Balaban J connectivity index is 1.79. The summed E-state index contributed by atoms with van der Waals surface area (Å²) in [7, 11) is 0. The van der Waals surface area contributed by atoms with Crippen LogP contribution in [0.2, 0.25) is 0 Å². The topological polar surface area (TPSA) is 92.6 Å². The molecule has 1 N–H and O–H groups in total. The second-order valence-corrected chi connectivity index (χ2v) is 9.90. The van der Waals surface area contributed by atoms with Crippen LogP contribution in [0.25, 0.3) is 10.9 Å². The summed E-state index contributed by atoms with van der Waals surface area (Å²) in [5.41, 5.74) is 3.52. The molecule has 0 saturated heterocycles. The van der Waals surface area contributed by atoms with Gasteiger partial charge in [-0.2, -0.15) is 0 Å². The molecule has 3 heterocycles. The molecule has 0 saturated carbocycles. The minimum atomic E-state index is -0.219. The molecule has 0 bridgehead atoms. The number of aromatic amines is 1. The fourth-order valence-corrected chi connectivity index (χ4v) is 4.44. The van der Waals surface area contributed by atoms with Gasteiger partial charge in [-0.05, 0) is 79.3 Å². The van der Waals surface area contributed by atoms with Gasteiger partial charge in [-0.3, -0.25) is 14.7 Å². The fourth-order valence-electron chi connectivity index (χ4n) is 4.44. The number of hydrogen-bond donors (Lipinski definition) is 1. The van der Waals surface area contributed by atoms with Crippen molar-refractivity contribution < 1.29 is 0 Å². The van der Waals surface area contributed by atoms with Gasteiger partial charge < -0.3 is 4.98 Å². The van der Waals surface area contributed by atoms with Gasteiger partial charge in [0.15, 0.2) is 5.82 Å². The summed E-state index contributed by atoms with van der Waals surface area (Å²) < 4.78 is 1.96. The molecule has 0 aliphatic heterocycles. The van der Waals surface area contributed by atoms with Gasteiger partial charge in [0.25, 0.3) is 5.56 Å². The van der Waals surface area contributed by atoms with E-state index in [1.54, 1.807) is 6.20 Å². The maximum Gasteiger partial charge on any atom is 0.252 e. The van der Waals surface area contributed by atoms with Crippen molar-refractivity contribution in [1.82, 2.24) is 35.1 Å². The molecular weight excluding hydrogens is 438 g/mol. The van der Waals surface area contributed by atoms with E-state index in [1.807, 2.05) is 35.1 Å². The van der Waals surface area contributed by atoms with E-state index in [2.05, 4.69) is 77.1 Å². The fraction of sp³-hybridized carbons (Fsp3) is 0.444. The first-order valence-electron chi connectivity index (χ1n) is 12.4. The average Bonchev–Trinajstić information content (AvgIpc) is 3.34. The third-order valence-electron chi connectivity index (χ3n) is 6.79. The zero-order chi connectivity index (χ0) is 25.0. The van der Waals surface area contributed by atoms with Crippen LogP contribution in [0.1, 0.15) is 75.5 Å². The zero-order valence-corrected chi connectivity index (χ0v) is 21.3. The number of fused-ring (bicyclic) bond motifs is 1. The number of pyridine rings is 2. The number of hydrogen-bond acceptors (Lipinski definition) is 6. The molecule has 8 heteroatoms. The summed E-state index contributed by atoms with van der Waals surface area (Å²) >= 11 is 0. The monoisotopic (exact) mass is 473 g/mol. The summed E-state index contributed by atoms with van der Waals surface area (Å²) in [6.07, 6.45) is 6.38. The van der Waals surface area contributed by atoms with Crippen LogP contribution in [0.4, 0.5) is 0 Å². The lowest BCUT2D eigenvalue weighted by atomic mass is 10.0. The number of tetrazole rings is 1. The minimum Gasteiger partial charge on any atom is -0.322 e. The van der Waals surface area contributed by atoms with Gasteiger partial charge >= 0.3 is 0 Å². The molecule has 1 aromatic carbocycles. The highest BCUT2D eigenvalue weighted by molar-refractivity contribution is 5.79. The smallest absolute Gasteiger partial charge is 0.252 e. The predicted octanol–water partition coefficient (Wildman–Crippen LogP) is 4.91. The second kappa shape index (κ2) is 10.5. The van der Waals surface area contributed by atoms with Gasteiger partial charge in [0.1, 0.15) is 0 Å².